The highest BCUT2D eigenvalue weighted by Gasteiger charge is 2.18. The van der Waals surface area contributed by atoms with Crippen LogP contribution in [-0.2, 0) is 0 Å². The van der Waals surface area contributed by atoms with Gasteiger partial charge in [0.15, 0.2) is 0 Å². The van der Waals surface area contributed by atoms with Gasteiger partial charge in [0.1, 0.15) is 5.82 Å². The molecule has 2 heterocycles. The van der Waals surface area contributed by atoms with Gasteiger partial charge in [0.05, 0.1) is 11.3 Å². The molecule has 1 atom stereocenters. The normalized spacial score (nSPS) is 13.9. The fraction of sp³-hybridized carbons (Fsp3) is 0.240. The molecule has 33 heavy (non-hydrogen) atoms. The smallest absolute Gasteiger partial charge is 0.321 e. The van der Waals surface area contributed by atoms with Crippen molar-refractivity contribution in [3.05, 3.63) is 78.0 Å². The summed E-state index contributed by atoms with van der Waals surface area (Å²) in [4.78, 5) is 30.5. The number of primary amides is 1. The zero-order valence-electron chi connectivity index (χ0n) is 18.5. The lowest BCUT2D eigenvalue weighted by Crippen LogP contribution is -2.32. The summed E-state index contributed by atoms with van der Waals surface area (Å²) < 4.78 is 0. The molecule has 0 radical (unpaired) electrons. The number of nitrogens with one attached hydrogen (secondary N) is 3. The number of nitrogens with two attached hydrogens (primary N) is 1. The molecule has 5 N–H and O–H groups in total. The van der Waals surface area contributed by atoms with Crippen LogP contribution in [0.15, 0.2) is 66.9 Å². The summed E-state index contributed by atoms with van der Waals surface area (Å²) in [6.45, 7) is 3.59. The van der Waals surface area contributed by atoms with Crippen molar-refractivity contribution in [3.63, 3.8) is 0 Å². The molecule has 0 bridgehead atoms. The Morgan fingerprint density at radius 2 is 1.73 bits per heavy atom. The van der Waals surface area contributed by atoms with Crippen molar-refractivity contribution in [1.29, 1.82) is 0 Å². The van der Waals surface area contributed by atoms with Crippen LogP contribution in [0.25, 0.3) is 0 Å². The minimum absolute atomic E-state index is 0.0383. The Kier molecular flexibility index (Phi) is 6.73. The second kappa shape index (κ2) is 10.0. The Balaban J connectivity index is 1.50. The number of rotatable bonds is 7. The number of benzene rings is 2. The number of carbonyl (C=O) groups is 2. The fourth-order valence-corrected chi connectivity index (χ4v) is 3.84. The van der Waals surface area contributed by atoms with Crippen LogP contribution < -0.4 is 21.7 Å². The first-order valence-electron chi connectivity index (χ1n) is 11.0. The van der Waals surface area contributed by atoms with Gasteiger partial charge in [-0.2, -0.15) is 0 Å². The van der Waals surface area contributed by atoms with Gasteiger partial charge in [0.2, 0.25) is 0 Å². The first-order valence-corrected chi connectivity index (χ1v) is 11.0. The summed E-state index contributed by atoms with van der Waals surface area (Å²) in [6.07, 6.45) is 3.55. The van der Waals surface area contributed by atoms with E-state index in [0.29, 0.717) is 22.8 Å². The molecule has 1 saturated heterocycles. The molecule has 0 unspecified atom stereocenters. The van der Waals surface area contributed by atoms with Crippen LogP contribution in [0.2, 0.25) is 0 Å². The quantitative estimate of drug-likeness (QED) is 0.421. The summed E-state index contributed by atoms with van der Waals surface area (Å²) >= 11 is 0. The highest BCUT2D eigenvalue weighted by molar-refractivity contribution is 5.98. The predicted molar refractivity (Wildman–Crippen MR) is 131 cm³/mol. The number of carbonyl (C=O) groups excluding carboxylic acids is 2. The van der Waals surface area contributed by atoms with E-state index in [0.717, 1.165) is 37.2 Å². The van der Waals surface area contributed by atoms with Crippen molar-refractivity contribution in [3.8, 4) is 0 Å². The van der Waals surface area contributed by atoms with E-state index in [4.69, 9.17) is 5.73 Å². The van der Waals surface area contributed by atoms with Gasteiger partial charge in [-0.3, -0.25) is 4.79 Å². The average Bonchev–Trinajstić information content (AvgIpc) is 3.35. The van der Waals surface area contributed by atoms with Crippen LogP contribution in [-0.4, -0.2) is 34.9 Å². The van der Waals surface area contributed by atoms with E-state index >= 15 is 0 Å². The molecule has 0 saturated carbocycles. The number of hydrogen-bond acceptors (Lipinski definition) is 5. The Morgan fingerprint density at radius 3 is 2.45 bits per heavy atom. The molecule has 2 aromatic carbocycles. The molecular weight excluding hydrogens is 416 g/mol. The molecule has 1 aliphatic rings. The maximum Gasteiger partial charge on any atom is 0.321 e. The van der Waals surface area contributed by atoms with Gasteiger partial charge in [-0.05, 0) is 43.5 Å². The monoisotopic (exact) mass is 444 g/mol. The molecule has 1 aliphatic heterocycles. The zero-order valence-corrected chi connectivity index (χ0v) is 18.5. The fourth-order valence-electron chi connectivity index (χ4n) is 3.84. The molecule has 1 fully saturated rings. The Hall–Kier alpha value is -4.07. The molecule has 3 amide bonds. The largest absolute Gasteiger partial charge is 0.378 e. The molecule has 170 valence electrons. The average molecular weight is 445 g/mol. The minimum atomic E-state index is -0.552. The summed E-state index contributed by atoms with van der Waals surface area (Å²) in [5.74, 6) is -0.00536. The first kappa shape index (κ1) is 22.1. The number of nitrogens with zero attached hydrogens (tertiary/aromatic N) is 2. The molecule has 3 aromatic rings. The van der Waals surface area contributed by atoms with Gasteiger partial charge >= 0.3 is 6.03 Å². The van der Waals surface area contributed by atoms with Crippen molar-refractivity contribution in [2.24, 2.45) is 5.73 Å². The van der Waals surface area contributed by atoms with E-state index in [1.165, 1.54) is 6.20 Å². The van der Waals surface area contributed by atoms with Crippen molar-refractivity contribution < 1.29 is 9.59 Å². The second-order valence-electron chi connectivity index (χ2n) is 8.09. The molecule has 4 rings (SSSR count). The van der Waals surface area contributed by atoms with Crippen LogP contribution in [0.4, 0.5) is 27.7 Å². The highest BCUT2D eigenvalue weighted by atomic mass is 16.2. The van der Waals surface area contributed by atoms with E-state index < -0.39 is 5.91 Å². The van der Waals surface area contributed by atoms with Crippen molar-refractivity contribution >= 4 is 34.8 Å². The second-order valence-corrected chi connectivity index (χ2v) is 8.09. The van der Waals surface area contributed by atoms with E-state index in [1.54, 1.807) is 6.07 Å². The lowest BCUT2D eigenvalue weighted by Gasteiger charge is -2.19. The molecule has 8 nitrogen and oxygen atoms in total. The number of anilines is 4. The van der Waals surface area contributed by atoms with Crippen LogP contribution in [0, 0.1) is 0 Å². The summed E-state index contributed by atoms with van der Waals surface area (Å²) in [5.41, 5.74) is 9.01. The number of aromatic nitrogens is 1. The lowest BCUT2D eigenvalue weighted by molar-refractivity contribution is 0.100. The zero-order chi connectivity index (χ0) is 23.2. The third-order valence-electron chi connectivity index (χ3n) is 5.62. The maximum atomic E-state index is 12.4. The molecule has 1 aromatic heterocycles. The van der Waals surface area contributed by atoms with Crippen molar-refractivity contribution in [1.82, 2.24) is 9.88 Å². The molecule has 8 heteroatoms. The van der Waals surface area contributed by atoms with Crippen LogP contribution in [0.1, 0.15) is 41.7 Å². The number of amides is 3. The van der Waals surface area contributed by atoms with Crippen LogP contribution in [0.3, 0.4) is 0 Å². The molecule has 0 aliphatic carbocycles. The number of hydrogen-bond donors (Lipinski definition) is 4. The molecular formula is C25H28N6O2. The van der Waals surface area contributed by atoms with Crippen molar-refractivity contribution in [2.45, 2.75) is 25.8 Å². The third-order valence-corrected chi connectivity index (χ3v) is 5.62. The topological polar surface area (TPSA) is 112 Å². The van der Waals surface area contributed by atoms with Gasteiger partial charge < -0.3 is 26.6 Å². The Labute approximate surface area is 193 Å². The van der Waals surface area contributed by atoms with Gasteiger partial charge in [0.25, 0.3) is 5.91 Å². The molecule has 0 spiro atoms. The predicted octanol–water partition coefficient (Wildman–Crippen LogP) is 4.72. The number of pyridine rings is 1. The van der Waals surface area contributed by atoms with Gasteiger partial charge in [-0.15, -0.1) is 0 Å². The standard InChI is InChI=1S/C25H28N6O2/c1-17(18-8-3-2-4-9-18)28-22-15-23(27-16-21(22)24(26)32)29-19-10-7-11-20(14-19)30-25(33)31-12-5-6-13-31/h2-4,7-11,14-17H,5-6,12-13H2,1H3,(H2,26,32)(H,30,33)(H2,27,28,29)/t17-/m1/s1. The minimum Gasteiger partial charge on any atom is -0.378 e. The van der Waals surface area contributed by atoms with E-state index in [9.17, 15) is 9.59 Å². The SMILES string of the molecule is C[C@@H](Nc1cc(Nc2cccc(NC(=O)N3CCCC3)c2)ncc1C(N)=O)c1ccccc1. The number of likely N-dealkylation sites (tertiary alicyclic amines) is 1. The van der Waals surface area contributed by atoms with Gasteiger partial charge in [-0.1, -0.05) is 36.4 Å². The number of urea groups is 1. The Bertz CT molecular complexity index is 1130. The van der Waals surface area contributed by atoms with Crippen LogP contribution in [0.5, 0.6) is 0 Å². The van der Waals surface area contributed by atoms with Gasteiger partial charge in [0, 0.05) is 42.8 Å². The summed E-state index contributed by atoms with van der Waals surface area (Å²) in [7, 11) is 0. The van der Waals surface area contributed by atoms with E-state index in [1.807, 2.05) is 66.4 Å². The lowest BCUT2D eigenvalue weighted by atomic mass is 10.1. The van der Waals surface area contributed by atoms with Crippen molar-refractivity contribution in [2.75, 3.05) is 29.0 Å². The third kappa shape index (κ3) is 5.60. The first-order chi connectivity index (χ1) is 16.0. The highest BCUT2D eigenvalue weighted by Crippen LogP contribution is 2.26. The van der Waals surface area contributed by atoms with E-state index in [2.05, 4.69) is 20.9 Å². The van der Waals surface area contributed by atoms with E-state index in [-0.39, 0.29) is 12.1 Å². The Morgan fingerprint density at radius 1 is 1.00 bits per heavy atom. The maximum absolute atomic E-state index is 12.4. The van der Waals surface area contributed by atoms with Crippen LogP contribution >= 0.6 is 0 Å². The summed E-state index contributed by atoms with van der Waals surface area (Å²) in [6, 6.07) is 19.0. The summed E-state index contributed by atoms with van der Waals surface area (Å²) in [5, 5.41) is 9.54. The van der Waals surface area contributed by atoms with Gasteiger partial charge in [-0.25, -0.2) is 9.78 Å².